The van der Waals surface area contributed by atoms with Crippen LogP contribution in [0.4, 0.5) is 10.7 Å². The van der Waals surface area contributed by atoms with Gasteiger partial charge in [-0.25, -0.2) is 0 Å². The van der Waals surface area contributed by atoms with Gasteiger partial charge in [0.05, 0.1) is 12.7 Å². The summed E-state index contributed by atoms with van der Waals surface area (Å²) in [5.41, 5.74) is 4.13. The molecule has 178 valence electrons. The first kappa shape index (κ1) is 24.0. The number of hydrogen-bond acceptors (Lipinski definition) is 4. The SMILES string of the molecule is COc1ccc(NC(=O)c2c(NC(=O)c3cccc(C)c3)sc3c2CCC(C(C)(C)C)C3)cc1. The van der Waals surface area contributed by atoms with Crippen molar-refractivity contribution < 1.29 is 14.3 Å². The fraction of sp³-hybridized carbons (Fsp3) is 0.357. The van der Waals surface area contributed by atoms with Crippen LogP contribution in [0.25, 0.3) is 0 Å². The molecule has 1 heterocycles. The van der Waals surface area contributed by atoms with Crippen LogP contribution < -0.4 is 15.4 Å². The summed E-state index contributed by atoms with van der Waals surface area (Å²) in [4.78, 5) is 27.7. The number of hydrogen-bond donors (Lipinski definition) is 2. The maximum atomic E-state index is 13.5. The van der Waals surface area contributed by atoms with E-state index in [2.05, 4.69) is 31.4 Å². The summed E-state index contributed by atoms with van der Waals surface area (Å²) in [5, 5.41) is 6.68. The van der Waals surface area contributed by atoms with Crippen molar-refractivity contribution in [3.63, 3.8) is 0 Å². The highest BCUT2D eigenvalue weighted by atomic mass is 32.1. The van der Waals surface area contributed by atoms with Gasteiger partial charge in [0, 0.05) is 16.1 Å². The van der Waals surface area contributed by atoms with E-state index in [1.54, 1.807) is 24.5 Å². The van der Waals surface area contributed by atoms with E-state index in [9.17, 15) is 9.59 Å². The van der Waals surface area contributed by atoms with E-state index in [1.807, 2.05) is 49.4 Å². The van der Waals surface area contributed by atoms with E-state index in [0.717, 1.165) is 36.1 Å². The van der Waals surface area contributed by atoms with E-state index in [0.29, 0.717) is 27.7 Å². The van der Waals surface area contributed by atoms with Gasteiger partial charge in [0.2, 0.25) is 0 Å². The summed E-state index contributed by atoms with van der Waals surface area (Å²) >= 11 is 1.54. The van der Waals surface area contributed by atoms with Gasteiger partial charge in [0.15, 0.2) is 0 Å². The van der Waals surface area contributed by atoms with Gasteiger partial charge in [0.1, 0.15) is 10.8 Å². The fourth-order valence-corrected chi connectivity index (χ4v) is 5.80. The minimum Gasteiger partial charge on any atom is -0.497 e. The highest BCUT2D eigenvalue weighted by molar-refractivity contribution is 7.17. The fourth-order valence-electron chi connectivity index (χ4n) is 4.48. The number of nitrogens with one attached hydrogen (secondary N) is 2. The molecule has 2 amide bonds. The number of methoxy groups -OCH3 is 1. The molecule has 0 bridgehead atoms. The first-order valence-electron chi connectivity index (χ1n) is 11.6. The standard InChI is InChI=1S/C28H32N2O3S/c1-17-7-6-8-18(15-17)25(31)30-27-24(26(32)29-20-10-12-21(33-5)13-11-20)22-14-9-19(28(2,3)4)16-23(22)34-27/h6-8,10-13,15,19H,9,14,16H2,1-5H3,(H,29,32)(H,30,31). The highest BCUT2D eigenvalue weighted by Gasteiger charge is 2.34. The Kier molecular flexibility index (Phi) is 6.80. The Morgan fingerprint density at radius 3 is 2.41 bits per heavy atom. The van der Waals surface area contributed by atoms with Gasteiger partial charge < -0.3 is 15.4 Å². The predicted molar refractivity (Wildman–Crippen MR) is 139 cm³/mol. The van der Waals surface area contributed by atoms with E-state index >= 15 is 0 Å². The largest absolute Gasteiger partial charge is 0.497 e. The van der Waals surface area contributed by atoms with Crippen LogP contribution in [-0.4, -0.2) is 18.9 Å². The molecule has 0 saturated heterocycles. The molecule has 4 rings (SSSR count). The summed E-state index contributed by atoms with van der Waals surface area (Å²) in [6, 6.07) is 14.7. The zero-order chi connectivity index (χ0) is 24.5. The zero-order valence-electron chi connectivity index (χ0n) is 20.5. The molecular weight excluding hydrogens is 444 g/mol. The van der Waals surface area contributed by atoms with Gasteiger partial charge in [-0.2, -0.15) is 0 Å². The number of rotatable bonds is 5. The van der Waals surface area contributed by atoms with Gasteiger partial charge in [0.25, 0.3) is 11.8 Å². The molecule has 2 N–H and O–H groups in total. The Balaban J connectivity index is 1.67. The molecule has 2 aromatic carbocycles. The quantitative estimate of drug-likeness (QED) is 0.429. The molecule has 1 aliphatic carbocycles. The van der Waals surface area contributed by atoms with Crippen molar-refractivity contribution in [1.82, 2.24) is 0 Å². The molecule has 0 radical (unpaired) electrons. The first-order valence-corrected chi connectivity index (χ1v) is 12.5. The second kappa shape index (κ2) is 9.63. The van der Waals surface area contributed by atoms with Crippen molar-refractivity contribution >= 4 is 33.8 Å². The monoisotopic (exact) mass is 476 g/mol. The van der Waals surface area contributed by atoms with E-state index < -0.39 is 0 Å². The Morgan fingerprint density at radius 1 is 1.03 bits per heavy atom. The van der Waals surface area contributed by atoms with Crippen LogP contribution in [0.1, 0.15) is 63.9 Å². The lowest BCUT2D eigenvalue weighted by Crippen LogP contribution is -2.27. The molecule has 0 aliphatic heterocycles. The third-order valence-electron chi connectivity index (χ3n) is 6.57. The Labute approximate surface area is 205 Å². The van der Waals surface area contributed by atoms with Crippen LogP contribution in [0.3, 0.4) is 0 Å². The Morgan fingerprint density at radius 2 is 1.76 bits per heavy atom. The van der Waals surface area contributed by atoms with Gasteiger partial charge >= 0.3 is 0 Å². The lowest BCUT2D eigenvalue weighted by Gasteiger charge is -2.33. The third kappa shape index (κ3) is 5.17. The normalized spacial score (nSPS) is 15.4. The number of fused-ring (bicyclic) bond motifs is 1. The number of carbonyl (C=O) groups is 2. The van der Waals surface area contributed by atoms with Crippen LogP contribution >= 0.6 is 11.3 Å². The number of thiophene rings is 1. The molecular formula is C28H32N2O3S. The lowest BCUT2D eigenvalue weighted by molar-refractivity contribution is 0.102. The second-order valence-electron chi connectivity index (χ2n) is 10.0. The van der Waals surface area contributed by atoms with Crippen LogP contribution in [0.5, 0.6) is 5.75 Å². The summed E-state index contributed by atoms with van der Waals surface area (Å²) in [6.45, 7) is 8.77. The Bertz CT molecular complexity index is 1210. The van der Waals surface area contributed by atoms with Gasteiger partial charge in [-0.05, 0) is 79.5 Å². The molecule has 0 spiro atoms. The van der Waals surface area contributed by atoms with Crippen molar-refractivity contribution in [2.24, 2.45) is 11.3 Å². The second-order valence-corrected chi connectivity index (χ2v) is 11.1. The predicted octanol–water partition coefficient (Wildman–Crippen LogP) is 6.72. The van der Waals surface area contributed by atoms with Crippen molar-refractivity contribution in [2.45, 2.75) is 47.0 Å². The Hall–Kier alpha value is -3.12. The summed E-state index contributed by atoms with van der Waals surface area (Å²) < 4.78 is 5.21. The van der Waals surface area contributed by atoms with E-state index in [1.165, 1.54) is 4.88 Å². The van der Waals surface area contributed by atoms with Crippen molar-refractivity contribution in [2.75, 3.05) is 17.7 Å². The topological polar surface area (TPSA) is 67.4 Å². The average molecular weight is 477 g/mol. The summed E-state index contributed by atoms with van der Waals surface area (Å²) in [6.07, 6.45) is 2.79. The maximum absolute atomic E-state index is 13.5. The highest BCUT2D eigenvalue weighted by Crippen LogP contribution is 2.44. The van der Waals surface area contributed by atoms with Gasteiger partial charge in [-0.3, -0.25) is 9.59 Å². The number of aryl methyl sites for hydroxylation is 1. The summed E-state index contributed by atoms with van der Waals surface area (Å²) in [5.74, 6) is 0.867. The van der Waals surface area contributed by atoms with Crippen LogP contribution in [-0.2, 0) is 12.8 Å². The molecule has 6 heteroatoms. The minimum atomic E-state index is -0.201. The molecule has 1 unspecified atom stereocenters. The molecule has 1 atom stereocenters. The van der Waals surface area contributed by atoms with Crippen LogP contribution in [0.2, 0.25) is 0 Å². The van der Waals surface area contributed by atoms with Gasteiger partial charge in [-0.15, -0.1) is 11.3 Å². The number of benzene rings is 2. The third-order valence-corrected chi connectivity index (χ3v) is 7.74. The van der Waals surface area contributed by atoms with Crippen molar-refractivity contribution in [3.8, 4) is 5.75 Å². The average Bonchev–Trinajstić information content (AvgIpc) is 3.16. The lowest BCUT2D eigenvalue weighted by atomic mass is 9.72. The maximum Gasteiger partial charge on any atom is 0.258 e. The molecule has 34 heavy (non-hydrogen) atoms. The molecule has 0 fully saturated rings. The number of ether oxygens (including phenoxy) is 1. The minimum absolute atomic E-state index is 0.193. The molecule has 1 aromatic heterocycles. The number of amides is 2. The van der Waals surface area contributed by atoms with Crippen molar-refractivity contribution in [3.05, 3.63) is 75.7 Å². The molecule has 1 aliphatic rings. The molecule has 0 saturated carbocycles. The zero-order valence-corrected chi connectivity index (χ0v) is 21.3. The molecule has 5 nitrogen and oxygen atoms in total. The number of carbonyl (C=O) groups excluding carboxylic acids is 2. The van der Waals surface area contributed by atoms with Crippen LogP contribution in [0, 0.1) is 18.3 Å². The van der Waals surface area contributed by atoms with E-state index in [-0.39, 0.29) is 17.2 Å². The summed E-state index contributed by atoms with van der Waals surface area (Å²) in [7, 11) is 1.61. The van der Waals surface area contributed by atoms with Gasteiger partial charge in [-0.1, -0.05) is 38.5 Å². The number of anilines is 2. The smallest absolute Gasteiger partial charge is 0.258 e. The molecule has 3 aromatic rings. The van der Waals surface area contributed by atoms with E-state index in [4.69, 9.17) is 4.74 Å². The van der Waals surface area contributed by atoms with Crippen LogP contribution in [0.15, 0.2) is 48.5 Å². The first-order chi connectivity index (χ1) is 16.2. The van der Waals surface area contributed by atoms with Crippen molar-refractivity contribution in [1.29, 1.82) is 0 Å².